The predicted molar refractivity (Wildman–Crippen MR) is 96.7 cm³/mol. The minimum Gasteiger partial charge on any atom is -0.444 e. The Morgan fingerprint density at radius 2 is 1.92 bits per heavy atom. The second kappa shape index (κ2) is 7.61. The van der Waals surface area contributed by atoms with Gasteiger partial charge in [-0.2, -0.15) is 4.31 Å². The Morgan fingerprint density at radius 1 is 1.32 bits per heavy atom. The fourth-order valence-corrected chi connectivity index (χ4v) is 4.24. The van der Waals surface area contributed by atoms with Crippen LogP contribution in [0.15, 0.2) is 33.6 Å². The molecule has 0 aliphatic carbocycles. The molecule has 1 amide bonds. The maximum Gasteiger partial charge on any atom is 0.407 e. The van der Waals surface area contributed by atoms with Crippen LogP contribution in [0.2, 0.25) is 0 Å². The number of β-amino-alcohol motifs (C(OH)–C–C–N with tert-alkyl or cyclic N) is 1. The number of hydrogen-bond donors (Lipinski definition) is 2. The largest absolute Gasteiger partial charge is 0.444 e. The van der Waals surface area contributed by atoms with E-state index >= 15 is 0 Å². The first-order valence-corrected chi connectivity index (χ1v) is 10.2. The van der Waals surface area contributed by atoms with Crippen LogP contribution in [0.1, 0.15) is 27.2 Å². The van der Waals surface area contributed by atoms with E-state index in [0.29, 0.717) is 6.42 Å². The highest BCUT2D eigenvalue weighted by Crippen LogP contribution is 2.23. The van der Waals surface area contributed by atoms with E-state index in [9.17, 15) is 18.3 Å². The zero-order chi connectivity index (χ0) is 18.8. The molecule has 25 heavy (non-hydrogen) atoms. The number of alkyl carbamates (subject to hydrolysis) is 1. The van der Waals surface area contributed by atoms with Crippen LogP contribution in [0.25, 0.3) is 0 Å². The van der Waals surface area contributed by atoms with E-state index in [0.717, 1.165) is 4.47 Å². The molecule has 2 atom stereocenters. The number of sulfonamides is 1. The molecular weight excluding hydrogens is 412 g/mol. The molecule has 0 radical (unpaired) electrons. The van der Waals surface area contributed by atoms with Gasteiger partial charge < -0.3 is 15.2 Å². The van der Waals surface area contributed by atoms with Crippen LogP contribution in [-0.4, -0.2) is 54.8 Å². The van der Waals surface area contributed by atoms with Crippen LogP contribution in [0.5, 0.6) is 0 Å². The smallest absolute Gasteiger partial charge is 0.407 e. The van der Waals surface area contributed by atoms with Gasteiger partial charge in [0.1, 0.15) is 5.60 Å². The molecule has 1 saturated heterocycles. The fourth-order valence-electron chi connectivity index (χ4n) is 2.50. The molecule has 140 valence electrons. The summed E-state index contributed by atoms with van der Waals surface area (Å²) >= 11 is 3.27. The first-order valence-electron chi connectivity index (χ1n) is 7.92. The molecule has 1 aromatic carbocycles. The van der Waals surface area contributed by atoms with Gasteiger partial charge >= 0.3 is 6.09 Å². The van der Waals surface area contributed by atoms with Crippen molar-refractivity contribution < 1.29 is 23.1 Å². The van der Waals surface area contributed by atoms with Gasteiger partial charge in [0, 0.05) is 17.6 Å². The quantitative estimate of drug-likeness (QED) is 0.758. The Labute approximate surface area is 156 Å². The molecule has 1 aromatic rings. The zero-order valence-corrected chi connectivity index (χ0v) is 16.8. The minimum atomic E-state index is -3.68. The third kappa shape index (κ3) is 5.40. The lowest BCUT2D eigenvalue weighted by Gasteiger charge is -2.35. The van der Waals surface area contributed by atoms with E-state index < -0.39 is 33.9 Å². The number of aliphatic hydroxyl groups is 1. The number of piperidine rings is 1. The Bertz CT molecular complexity index is 715. The average molecular weight is 435 g/mol. The number of nitrogens with one attached hydrogen (secondary N) is 1. The molecule has 2 N–H and O–H groups in total. The average Bonchev–Trinajstić information content (AvgIpc) is 2.47. The number of ether oxygens (including phenoxy) is 1. The summed E-state index contributed by atoms with van der Waals surface area (Å²) in [6, 6.07) is 5.78. The van der Waals surface area contributed by atoms with E-state index in [1.807, 2.05) is 0 Å². The molecular formula is C16H23BrN2O5S. The number of rotatable bonds is 3. The first kappa shape index (κ1) is 20.2. The molecule has 9 heteroatoms. The highest BCUT2D eigenvalue weighted by Gasteiger charge is 2.36. The summed E-state index contributed by atoms with van der Waals surface area (Å²) in [4.78, 5) is 12.0. The van der Waals surface area contributed by atoms with E-state index in [1.54, 1.807) is 32.9 Å². The van der Waals surface area contributed by atoms with Crippen LogP contribution in [0.4, 0.5) is 4.79 Å². The first-order chi connectivity index (χ1) is 11.5. The van der Waals surface area contributed by atoms with Crippen molar-refractivity contribution >= 4 is 32.0 Å². The molecule has 1 fully saturated rings. The standard InChI is InChI=1S/C16H23BrN2O5S/c1-16(2,3)24-15(21)18-13-8-9-19(10-14(13)20)25(22,23)12-6-4-11(17)5-7-12/h4-7,13-14,20H,8-10H2,1-3H3,(H,18,21)/t13-,14+/m0/s1. The zero-order valence-electron chi connectivity index (χ0n) is 14.4. The van der Waals surface area contributed by atoms with Gasteiger partial charge in [0.25, 0.3) is 0 Å². The summed E-state index contributed by atoms with van der Waals surface area (Å²) in [5.74, 6) is 0. The predicted octanol–water partition coefficient (Wildman–Crippen LogP) is 2.10. The molecule has 0 aromatic heterocycles. The summed E-state index contributed by atoms with van der Waals surface area (Å²) in [5, 5.41) is 12.9. The molecule has 2 rings (SSSR count). The van der Waals surface area contributed by atoms with Gasteiger partial charge in [0.2, 0.25) is 10.0 Å². The van der Waals surface area contributed by atoms with Crippen LogP contribution in [0, 0.1) is 0 Å². The monoisotopic (exact) mass is 434 g/mol. The van der Waals surface area contributed by atoms with Crippen molar-refractivity contribution in [3.8, 4) is 0 Å². The summed E-state index contributed by atoms with van der Waals surface area (Å²) in [7, 11) is -3.68. The van der Waals surface area contributed by atoms with Crippen LogP contribution in [-0.2, 0) is 14.8 Å². The van der Waals surface area contributed by atoms with E-state index in [1.165, 1.54) is 16.4 Å². The Balaban J connectivity index is 2.01. The third-order valence-electron chi connectivity index (χ3n) is 3.70. The number of hydrogen-bond acceptors (Lipinski definition) is 5. The van der Waals surface area contributed by atoms with Crippen LogP contribution in [0.3, 0.4) is 0 Å². The van der Waals surface area contributed by atoms with Crippen LogP contribution >= 0.6 is 15.9 Å². The summed E-state index contributed by atoms with van der Waals surface area (Å²) in [5.41, 5.74) is -0.638. The molecule has 7 nitrogen and oxygen atoms in total. The molecule has 0 bridgehead atoms. The lowest BCUT2D eigenvalue weighted by atomic mass is 10.0. The van der Waals surface area contributed by atoms with Crippen molar-refractivity contribution in [1.29, 1.82) is 0 Å². The summed E-state index contributed by atoms with van der Waals surface area (Å²) in [6.07, 6.45) is -1.33. The number of aliphatic hydroxyl groups excluding tert-OH is 1. The van der Waals surface area contributed by atoms with E-state index in [-0.39, 0.29) is 18.0 Å². The third-order valence-corrected chi connectivity index (χ3v) is 6.11. The Hall–Kier alpha value is -1.16. The van der Waals surface area contributed by atoms with Crippen molar-refractivity contribution in [2.24, 2.45) is 0 Å². The van der Waals surface area contributed by atoms with E-state index in [4.69, 9.17) is 4.74 Å². The van der Waals surface area contributed by atoms with Gasteiger partial charge in [-0.05, 0) is 51.5 Å². The second-order valence-electron chi connectivity index (χ2n) is 6.93. The number of carbonyl (C=O) groups is 1. The fraction of sp³-hybridized carbons (Fsp3) is 0.562. The van der Waals surface area contributed by atoms with Gasteiger partial charge in [-0.25, -0.2) is 13.2 Å². The SMILES string of the molecule is CC(C)(C)OC(=O)N[C@H]1CCN(S(=O)(=O)c2ccc(Br)cc2)C[C@H]1O. The number of benzene rings is 1. The maximum absolute atomic E-state index is 12.6. The van der Waals surface area contributed by atoms with Gasteiger partial charge in [-0.1, -0.05) is 15.9 Å². The van der Waals surface area contributed by atoms with Crippen molar-refractivity contribution in [2.45, 2.75) is 49.8 Å². The lowest BCUT2D eigenvalue weighted by molar-refractivity contribution is 0.0323. The van der Waals surface area contributed by atoms with Crippen molar-refractivity contribution in [3.63, 3.8) is 0 Å². The Morgan fingerprint density at radius 3 is 2.44 bits per heavy atom. The Kier molecular flexibility index (Phi) is 6.13. The summed E-state index contributed by atoms with van der Waals surface area (Å²) in [6.45, 7) is 5.36. The van der Waals surface area contributed by atoms with Gasteiger partial charge in [-0.15, -0.1) is 0 Å². The van der Waals surface area contributed by atoms with Gasteiger partial charge in [0.05, 0.1) is 17.0 Å². The minimum absolute atomic E-state index is 0.0845. The van der Waals surface area contributed by atoms with Crippen molar-refractivity contribution in [1.82, 2.24) is 9.62 Å². The second-order valence-corrected chi connectivity index (χ2v) is 9.78. The highest BCUT2D eigenvalue weighted by atomic mass is 79.9. The van der Waals surface area contributed by atoms with Gasteiger partial charge in [0.15, 0.2) is 0 Å². The highest BCUT2D eigenvalue weighted by molar-refractivity contribution is 9.10. The van der Waals surface area contributed by atoms with Crippen molar-refractivity contribution in [2.75, 3.05) is 13.1 Å². The van der Waals surface area contributed by atoms with Crippen LogP contribution < -0.4 is 5.32 Å². The summed E-state index contributed by atoms with van der Waals surface area (Å²) < 4.78 is 32.5. The number of halogens is 1. The van der Waals surface area contributed by atoms with Gasteiger partial charge in [-0.3, -0.25) is 0 Å². The molecule has 1 heterocycles. The maximum atomic E-state index is 12.6. The molecule has 0 saturated carbocycles. The van der Waals surface area contributed by atoms with Crippen molar-refractivity contribution in [3.05, 3.63) is 28.7 Å². The topological polar surface area (TPSA) is 95.9 Å². The number of carbonyl (C=O) groups excluding carboxylic acids is 1. The number of amides is 1. The normalized spacial score (nSPS) is 22.4. The number of nitrogens with zero attached hydrogens (tertiary/aromatic N) is 1. The molecule has 0 spiro atoms. The lowest BCUT2D eigenvalue weighted by Crippen LogP contribution is -2.55. The molecule has 1 aliphatic rings. The molecule has 0 unspecified atom stereocenters. The molecule has 1 aliphatic heterocycles. The van der Waals surface area contributed by atoms with E-state index in [2.05, 4.69) is 21.2 Å².